The Hall–Kier alpha value is -3.26. The number of nitrogens with one attached hydrogen (secondary N) is 1. The van der Waals surface area contributed by atoms with E-state index in [1.54, 1.807) is 13.0 Å². The zero-order chi connectivity index (χ0) is 26.0. The van der Waals surface area contributed by atoms with E-state index in [9.17, 15) is 16.8 Å². The topological polar surface area (TPSA) is 214 Å². The lowest BCUT2D eigenvalue weighted by atomic mass is 10.1. The standard InChI is InChI=1S/C19H19ClN6O7S2/c1-10-15(8-5-13(9-21)16(10)20)24-17(11(2)32-34(22,27)28)19-26-25-18(31-19)12-3-6-14(7-4-12)33-35(23,29)30/h3-8,11,17,24H,1-2H3,(H2,22,27,28)(H2,23,29,30)/t11-,17+/m0/s1. The van der Waals surface area contributed by atoms with Gasteiger partial charge in [-0.2, -0.15) is 27.2 Å². The summed E-state index contributed by atoms with van der Waals surface area (Å²) >= 11 is 6.23. The van der Waals surface area contributed by atoms with Crippen molar-refractivity contribution >= 4 is 37.9 Å². The van der Waals surface area contributed by atoms with Gasteiger partial charge in [-0.3, -0.25) is 4.18 Å². The number of halogens is 1. The first kappa shape index (κ1) is 26.3. The summed E-state index contributed by atoms with van der Waals surface area (Å²) in [5.74, 6) is -0.0499. The molecule has 0 unspecified atom stereocenters. The van der Waals surface area contributed by atoms with Crippen LogP contribution in [0.5, 0.6) is 5.75 Å². The van der Waals surface area contributed by atoms with E-state index in [1.807, 2.05) is 6.07 Å². The molecule has 3 aromatic rings. The molecule has 0 radical (unpaired) electrons. The van der Waals surface area contributed by atoms with E-state index in [0.717, 1.165) is 0 Å². The molecule has 0 saturated heterocycles. The molecule has 0 bridgehead atoms. The summed E-state index contributed by atoms with van der Waals surface area (Å²) in [6.45, 7) is 3.09. The summed E-state index contributed by atoms with van der Waals surface area (Å²) in [4.78, 5) is 0. The minimum Gasteiger partial charge on any atom is -0.418 e. The van der Waals surface area contributed by atoms with Gasteiger partial charge < -0.3 is 13.9 Å². The van der Waals surface area contributed by atoms with Crippen LogP contribution in [0, 0.1) is 18.3 Å². The maximum absolute atomic E-state index is 11.5. The Morgan fingerprint density at radius 3 is 2.31 bits per heavy atom. The van der Waals surface area contributed by atoms with Crippen LogP contribution in [0.1, 0.15) is 30.0 Å². The quantitative estimate of drug-likeness (QED) is 0.355. The Bertz CT molecular complexity index is 1480. The molecule has 3 rings (SSSR count). The van der Waals surface area contributed by atoms with Gasteiger partial charge in [-0.25, -0.2) is 5.14 Å². The summed E-state index contributed by atoms with van der Waals surface area (Å²) in [5.41, 5.74) is 1.63. The van der Waals surface area contributed by atoms with E-state index >= 15 is 0 Å². The van der Waals surface area contributed by atoms with Crippen LogP contribution in [-0.2, 0) is 24.8 Å². The molecule has 0 aliphatic rings. The number of hydrogen-bond donors (Lipinski definition) is 3. The molecule has 13 nitrogen and oxygen atoms in total. The highest BCUT2D eigenvalue weighted by Crippen LogP contribution is 2.32. The van der Waals surface area contributed by atoms with Gasteiger partial charge in [0.15, 0.2) is 0 Å². The van der Waals surface area contributed by atoms with Gasteiger partial charge in [-0.05, 0) is 55.8 Å². The molecule has 1 aromatic heterocycles. The van der Waals surface area contributed by atoms with E-state index in [0.29, 0.717) is 16.8 Å². The average molecular weight is 543 g/mol. The fourth-order valence-electron chi connectivity index (χ4n) is 3.01. The number of anilines is 1. The molecular formula is C19H19ClN6O7S2. The Labute approximate surface area is 206 Å². The lowest BCUT2D eigenvalue weighted by Crippen LogP contribution is -2.31. The molecule has 186 valence electrons. The molecule has 0 aliphatic carbocycles. The molecule has 1 heterocycles. The Morgan fingerprint density at radius 1 is 1.09 bits per heavy atom. The molecule has 0 spiro atoms. The second-order valence-corrected chi connectivity index (χ2v) is 9.88. The van der Waals surface area contributed by atoms with Crippen molar-refractivity contribution in [2.45, 2.75) is 26.0 Å². The van der Waals surface area contributed by atoms with Crippen molar-refractivity contribution in [3.63, 3.8) is 0 Å². The summed E-state index contributed by atoms with van der Waals surface area (Å²) in [5, 5.41) is 30.2. The third-order valence-electron chi connectivity index (χ3n) is 4.59. The first-order valence-corrected chi connectivity index (χ1v) is 12.9. The lowest BCUT2D eigenvalue weighted by molar-refractivity contribution is 0.192. The third-order valence-corrected chi connectivity index (χ3v) is 6.08. The van der Waals surface area contributed by atoms with Crippen molar-refractivity contribution < 1.29 is 29.6 Å². The number of nitrogens with zero attached hydrogens (tertiary/aromatic N) is 3. The van der Waals surface area contributed by atoms with Gasteiger partial charge in [-0.1, -0.05) is 11.6 Å². The number of benzene rings is 2. The average Bonchev–Trinajstić information content (AvgIpc) is 3.22. The van der Waals surface area contributed by atoms with Gasteiger partial charge >= 0.3 is 20.6 Å². The zero-order valence-corrected chi connectivity index (χ0v) is 20.6. The fraction of sp³-hybridized carbons (Fsp3) is 0.211. The molecule has 0 amide bonds. The zero-order valence-electron chi connectivity index (χ0n) is 18.2. The molecule has 35 heavy (non-hydrogen) atoms. The predicted octanol–water partition coefficient (Wildman–Crippen LogP) is 1.91. The van der Waals surface area contributed by atoms with E-state index in [4.69, 9.17) is 35.7 Å². The van der Waals surface area contributed by atoms with Crippen LogP contribution in [0.25, 0.3) is 11.5 Å². The third kappa shape index (κ3) is 6.88. The van der Waals surface area contributed by atoms with Crippen LogP contribution < -0.4 is 19.8 Å². The second kappa shape index (κ2) is 10.2. The molecule has 16 heteroatoms. The summed E-state index contributed by atoms with van der Waals surface area (Å²) < 4.78 is 60.4. The summed E-state index contributed by atoms with van der Waals surface area (Å²) in [7, 11) is -8.52. The Morgan fingerprint density at radius 2 is 1.74 bits per heavy atom. The first-order chi connectivity index (χ1) is 16.3. The molecule has 5 N–H and O–H groups in total. The van der Waals surface area contributed by atoms with Gasteiger partial charge in [0.25, 0.3) is 0 Å². The minimum absolute atomic E-state index is 0.0288. The van der Waals surface area contributed by atoms with E-state index in [1.165, 1.54) is 37.3 Å². The largest absolute Gasteiger partial charge is 0.418 e. The van der Waals surface area contributed by atoms with Gasteiger partial charge in [0.05, 0.1) is 10.6 Å². The number of rotatable bonds is 9. The van der Waals surface area contributed by atoms with Crippen molar-refractivity contribution in [2.75, 3.05) is 5.32 Å². The number of nitrogens with two attached hydrogens (primary N) is 2. The molecular weight excluding hydrogens is 524 g/mol. The van der Waals surface area contributed by atoms with Crippen molar-refractivity contribution in [3.8, 4) is 23.3 Å². The van der Waals surface area contributed by atoms with Crippen LogP contribution in [0.2, 0.25) is 5.02 Å². The van der Waals surface area contributed by atoms with E-state index < -0.39 is 32.8 Å². The van der Waals surface area contributed by atoms with Gasteiger partial charge in [-0.15, -0.1) is 10.2 Å². The van der Waals surface area contributed by atoms with Crippen molar-refractivity contribution in [1.29, 1.82) is 5.26 Å². The number of nitriles is 1. The van der Waals surface area contributed by atoms with Crippen LogP contribution in [-0.4, -0.2) is 33.1 Å². The molecule has 2 atom stereocenters. The Balaban J connectivity index is 1.95. The fourth-order valence-corrected chi connectivity index (χ4v) is 4.13. The molecule has 0 aliphatic heterocycles. The molecule has 0 fully saturated rings. The SMILES string of the molecule is Cc1c(N[C@@H](c2nnc(-c3ccc(OS(N)(=O)=O)cc3)o2)[C@H](C)OS(N)(=O)=O)ccc(C#N)c1Cl. The predicted molar refractivity (Wildman–Crippen MR) is 124 cm³/mol. The smallest absolute Gasteiger partial charge is 0.380 e. The van der Waals surface area contributed by atoms with Crippen LogP contribution in [0.4, 0.5) is 5.69 Å². The van der Waals surface area contributed by atoms with Gasteiger partial charge in [0, 0.05) is 11.3 Å². The van der Waals surface area contributed by atoms with Crippen molar-refractivity contribution in [2.24, 2.45) is 10.3 Å². The van der Waals surface area contributed by atoms with E-state index in [2.05, 4.69) is 19.7 Å². The van der Waals surface area contributed by atoms with E-state index in [-0.39, 0.29) is 28.1 Å². The van der Waals surface area contributed by atoms with Gasteiger partial charge in [0.1, 0.15) is 24.0 Å². The molecule has 0 saturated carbocycles. The van der Waals surface area contributed by atoms with Crippen molar-refractivity contribution in [1.82, 2.24) is 10.2 Å². The lowest BCUT2D eigenvalue weighted by Gasteiger charge is -2.23. The highest BCUT2D eigenvalue weighted by Gasteiger charge is 2.30. The van der Waals surface area contributed by atoms with Gasteiger partial charge in [0.2, 0.25) is 11.8 Å². The maximum Gasteiger partial charge on any atom is 0.380 e. The first-order valence-electron chi connectivity index (χ1n) is 9.60. The normalized spacial score (nSPS) is 13.6. The van der Waals surface area contributed by atoms with Crippen LogP contribution in [0.3, 0.4) is 0 Å². The van der Waals surface area contributed by atoms with Crippen molar-refractivity contribution in [3.05, 3.63) is 58.4 Å². The Kier molecular flexibility index (Phi) is 7.65. The minimum atomic E-state index is -4.33. The maximum atomic E-state index is 11.5. The monoisotopic (exact) mass is 542 g/mol. The second-order valence-electron chi connectivity index (χ2n) is 7.17. The summed E-state index contributed by atoms with van der Waals surface area (Å²) in [6, 6.07) is 9.59. The highest BCUT2D eigenvalue weighted by molar-refractivity contribution is 7.84. The number of hydrogen-bond acceptors (Lipinski definition) is 11. The van der Waals surface area contributed by atoms with Crippen LogP contribution >= 0.6 is 11.6 Å². The van der Waals surface area contributed by atoms with Crippen LogP contribution in [0.15, 0.2) is 40.8 Å². The highest BCUT2D eigenvalue weighted by atomic mass is 35.5. The number of aromatic nitrogens is 2. The molecule has 2 aromatic carbocycles. The summed E-state index contributed by atoms with van der Waals surface area (Å²) in [6.07, 6.45) is -1.11.